The first-order valence-electron chi connectivity index (χ1n) is 4.31. The molecule has 0 fully saturated rings. The maximum Gasteiger partial charge on any atom is 0.332 e. The van der Waals surface area contributed by atoms with Crippen molar-refractivity contribution in [2.24, 2.45) is 21.1 Å². The molecule has 0 aliphatic carbocycles. The van der Waals surface area contributed by atoms with Crippen LogP contribution in [0.5, 0.6) is 0 Å². The Hall–Kier alpha value is -2.43. The maximum absolute atomic E-state index is 11.7. The number of aryl methyl sites for hydroxylation is 2. The lowest BCUT2D eigenvalue weighted by molar-refractivity contribution is 0.705. The summed E-state index contributed by atoms with van der Waals surface area (Å²) in [6, 6.07) is 0. The summed E-state index contributed by atoms with van der Waals surface area (Å²) >= 11 is 0. The van der Waals surface area contributed by atoms with Gasteiger partial charge < -0.3 is 4.57 Å². The molecular weight excluding hydrogens is 212 g/mol. The van der Waals surface area contributed by atoms with Crippen LogP contribution in [0.2, 0.25) is 0 Å². The van der Waals surface area contributed by atoms with E-state index in [9.17, 15) is 9.59 Å². The number of hydrogen-bond acceptors (Lipinski definition) is 5. The summed E-state index contributed by atoms with van der Waals surface area (Å²) in [6.45, 7) is 0. The van der Waals surface area contributed by atoms with Gasteiger partial charge in [0.2, 0.25) is 0 Å². The summed E-state index contributed by atoms with van der Waals surface area (Å²) in [6.07, 6.45) is 1.52. The molecule has 2 aromatic heterocycles. The standard InChI is InChI=1S/C8H10N4O2.N2/c1-10-4-9-6-5(10)7(13)12(3)8(14)11(6)2;1-2/h4H,1-3H3;. The molecule has 8 heteroatoms. The van der Waals surface area contributed by atoms with Gasteiger partial charge in [-0.1, -0.05) is 0 Å². The average molecular weight is 222 g/mol. The molecule has 0 radical (unpaired) electrons. The van der Waals surface area contributed by atoms with Crippen molar-refractivity contribution in [3.05, 3.63) is 27.2 Å². The lowest BCUT2D eigenvalue weighted by atomic mass is 10.5. The number of hydrogen-bond donors (Lipinski definition) is 0. The lowest BCUT2D eigenvalue weighted by Crippen LogP contribution is -2.37. The Kier molecular flexibility index (Phi) is 2.89. The molecule has 0 saturated heterocycles. The second kappa shape index (κ2) is 3.98. The quantitative estimate of drug-likeness (QED) is 0.531. The number of aromatic nitrogens is 4. The van der Waals surface area contributed by atoms with E-state index in [1.165, 1.54) is 17.9 Å². The van der Waals surface area contributed by atoms with E-state index in [-0.39, 0.29) is 11.2 Å². The zero-order chi connectivity index (χ0) is 12.5. The second-order valence-corrected chi connectivity index (χ2v) is 3.23. The van der Waals surface area contributed by atoms with Crippen molar-refractivity contribution in [1.29, 1.82) is 10.8 Å². The van der Waals surface area contributed by atoms with E-state index in [0.29, 0.717) is 11.2 Å². The van der Waals surface area contributed by atoms with Gasteiger partial charge in [-0.15, -0.1) is 0 Å². The van der Waals surface area contributed by atoms with Crippen LogP contribution >= 0.6 is 0 Å². The molecule has 0 bridgehead atoms. The van der Waals surface area contributed by atoms with Crippen LogP contribution < -0.4 is 11.2 Å². The van der Waals surface area contributed by atoms with Gasteiger partial charge in [-0.3, -0.25) is 13.9 Å². The summed E-state index contributed by atoms with van der Waals surface area (Å²) in [5.41, 5.74) is 0.180. The van der Waals surface area contributed by atoms with Crippen molar-refractivity contribution in [3.8, 4) is 0 Å². The molecular formula is C8H10N6O2. The molecule has 0 atom stereocenters. The number of nitrogens with zero attached hydrogens (tertiary/aromatic N) is 6. The summed E-state index contributed by atoms with van der Waals surface area (Å²) in [7, 11) is 4.77. The van der Waals surface area contributed by atoms with Gasteiger partial charge in [-0.2, -0.15) is 0 Å². The van der Waals surface area contributed by atoms with Crippen molar-refractivity contribution in [1.82, 2.24) is 18.7 Å². The fourth-order valence-electron chi connectivity index (χ4n) is 1.47. The third-order valence-corrected chi connectivity index (χ3v) is 2.32. The highest BCUT2D eigenvalue weighted by Gasteiger charge is 2.11. The molecule has 8 nitrogen and oxygen atoms in total. The molecule has 0 aromatic carbocycles. The summed E-state index contributed by atoms with van der Waals surface area (Å²) in [4.78, 5) is 27.2. The molecule has 0 aliphatic heterocycles. The molecule has 2 aromatic rings. The van der Waals surface area contributed by atoms with Crippen molar-refractivity contribution < 1.29 is 0 Å². The van der Waals surface area contributed by atoms with Gasteiger partial charge in [0.1, 0.15) is 0 Å². The van der Waals surface area contributed by atoms with Gasteiger partial charge in [0.25, 0.3) is 5.56 Å². The highest BCUT2D eigenvalue weighted by Crippen LogP contribution is 2.01. The Morgan fingerprint density at radius 1 is 1.12 bits per heavy atom. The van der Waals surface area contributed by atoms with Gasteiger partial charge >= 0.3 is 5.69 Å². The fraction of sp³-hybridized carbons (Fsp3) is 0.375. The molecule has 0 amide bonds. The first-order valence-corrected chi connectivity index (χ1v) is 4.31. The van der Waals surface area contributed by atoms with Crippen LogP contribution in [0, 0.1) is 10.8 Å². The average Bonchev–Trinajstić information content (AvgIpc) is 2.68. The number of fused-ring (bicyclic) bond motifs is 1. The Morgan fingerprint density at radius 2 is 1.69 bits per heavy atom. The van der Waals surface area contributed by atoms with Crippen LogP contribution in [-0.4, -0.2) is 18.7 Å². The van der Waals surface area contributed by atoms with Gasteiger partial charge in [0.15, 0.2) is 11.2 Å². The van der Waals surface area contributed by atoms with Crippen molar-refractivity contribution >= 4 is 11.2 Å². The monoisotopic (exact) mass is 222 g/mol. The topological polar surface area (TPSA) is 109 Å². The third-order valence-electron chi connectivity index (χ3n) is 2.32. The Bertz CT molecular complexity index is 659. The SMILES string of the molecule is Cn1c(=O)c2c(ncn2C)n(C)c1=O.N#N. The summed E-state index contributed by atoms with van der Waals surface area (Å²) in [5, 5.41) is 12.0. The first kappa shape index (κ1) is 11.6. The number of imidazole rings is 1. The molecule has 0 saturated carbocycles. The molecule has 2 heterocycles. The van der Waals surface area contributed by atoms with E-state index in [0.717, 1.165) is 4.57 Å². The molecule has 2 rings (SSSR count). The first-order chi connectivity index (χ1) is 7.54. The Labute approximate surface area is 89.8 Å². The van der Waals surface area contributed by atoms with Crippen molar-refractivity contribution in [2.45, 2.75) is 0 Å². The lowest BCUT2D eigenvalue weighted by Gasteiger charge is -2.02. The minimum absolute atomic E-state index is 0.317. The van der Waals surface area contributed by atoms with E-state index in [4.69, 9.17) is 10.8 Å². The summed E-state index contributed by atoms with van der Waals surface area (Å²) in [5.74, 6) is 0. The van der Waals surface area contributed by atoms with Crippen LogP contribution in [0.15, 0.2) is 15.9 Å². The largest absolute Gasteiger partial charge is 0.332 e. The van der Waals surface area contributed by atoms with Gasteiger partial charge in [0, 0.05) is 31.9 Å². The molecule has 0 unspecified atom stereocenters. The van der Waals surface area contributed by atoms with Crippen molar-refractivity contribution in [3.63, 3.8) is 0 Å². The zero-order valence-corrected chi connectivity index (χ0v) is 9.08. The van der Waals surface area contributed by atoms with Gasteiger partial charge in [-0.05, 0) is 0 Å². The van der Waals surface area contributed by atoms with E-state index >= 15 is 0 Å². The molecule has 0 aliphatic rings. The van der Waals surface area contributed by atoms with E-state index < -0.39 is 0 Å². The molecule has 84 valence electrons. The second-order valence-electron chi connectivity index (χ2n) is 3.23. The molecule has 0 N–H and O–H groups in total. The van der Waals surface area contributed by atoms with Crippen LogP contribution in [0.25, 0.3) is 11.2 Å². The predicted octanol–water partition coefficient (Wildman–Crippen LogP) is -0.999. The van der Waals surface area contributed by atoms with Crippen LogP contribution in [0.4, 0.5) is 0 Å². The minimum atomic E-state index is -0.360. The van der Waals surface area contributed by atoms with Gasteiger partial charge in [0.05, 0.1) is 6.33 Å². The molecule has 0 spiro atoms. The summed E-state index contributed by atoms with van der Waals surface area (Å²) < 4.78 is 4.04. The Morgan fingerprint density at radius 3 is 2.25 bits per heavy atom. The van der Waals surface area contributed by atoms with Crippen LogP contribution in [0.3, 0.4) is 0 Å². The molecule has 16 heavy (non-hydrogen) atoms. The van der Waals surface area contributed by atoms with Crippen LogP contribution in [0.1, 0.15) is 0 Å². The third kappa shape index (κ3) is 1.38. The highest BCUT2D eigenvalue weighted by molar-refractivity contribution is 5.69. The highest BCUT2D eigenvalue weighted by atomic mass is 16.2. The van der Waals surface area contributed by atoms with Crippen LogP contribution in [-0.2, 0) is 21.1 Å². The zero-order valence-electron chi connectivity index (χ0n) is 9.08. The maximum atomic E-state index is 11.7. The Balaban J connectivity index is 0.000000606. The smallest absolute Gasteiger partial charge is 0.328 e. The predicted molar refractivity (Wildman–Crippen MR) is 54.6 cm³/mol. The minimum Gasteiger partial charge on any atom is -0.328 e. The number of rotatable bonds is 0. The van der Waals surface area contributed by atoms with Crippen molar-refractivity contribution in [2.75, 3.05) is 0 Å². The van der Waals surface area contributed by atoms with E-state index in [1.54, 1.807) is 18.7 Å². The van der Waals surface area contributed by atoms with Gasteiger partial charge in [-0.25, -0.2) is 9.78 Å². The normalized spacial score (nSPS) is 9.81. The van der Waals surface area contributed by atoms with E-state index in [1.807, 2.05) is 0 Å². The fourth-order valence-corrected chi connectivity index (χ4v) is 1.47. The van der Waals surface area contributed by atoms with E-state index in [2.05, 4.69) is 4.98 Å².